The van der Waals surface area contributed by atoms with Crippen LogP contribution in [0.15, 0.2) is 36.4 Å². The lowest BCUT2D eigenvalue weighted by Gasteiger charge is -2.21. The van der Waals surface area contributed by atoms with Crippen LogP contribution in [0.3, 0.4) is 0 Å². The van der Waals surface area contributed by atoms with Gasteiger partial charge in [0, 0.05) is 30.2 Å². The number of aromatic hydroxyl groups is 1. The number of nitrogens with zero attached hydrogens (tertiary/aromatic N) is 1. The van der Waals surface area contributed by atoms with Crippen LogP contribution in [0.25, 0.3) is 0 Å². The molecular weight excluding hydrogens is 281 g/mol. The Kier molecular flexibility index (Phi) is 4.35. The second kappa shape index (κ2) is 6.01. The first kappa shape index (κ1) is 14.5. The number of hydrogen-bond acceptors (Lipinski definition) is 3. The van der Waals surface area contributed by atoms with Crippen molar-refractivity contribution < 1.29 is 14.2 Å². The van der Waals surface area contributed by atoms with Gasteiger partial charge in [0.05, 0.1) is 12.8 Å². The molecule has 0 heterocycles. The highest BCUT2D eigenvalue weighted by atomic mass is 35.5. The van der Waals surface area contributed by atoms with Crippen LogP contribution in [0.5, 0.6) is 11.5 Å². The summed E-state index contributed by atoms with van der Waals surface area (Å²) in [4.78, 5) is 1.69. The lowest BCUT2D eigenvalue weighted by Crippen LogP contribution is -2.17. The van der Waals surface area contributed by atoms with Crippen molar-refractivity contribution in [2.75, 3.05) is 19.1 Å². The Labute approximate surface area is 122 Å². The fraction of sp³-hybridized carbons (Fsp3) is 0.200. The maximum absolute atomic E-state index is 13.7. The van der Waals surface area contributed by atoms with Gasteiger partial charge in [-0.3, -0.25) is 0 Å². The second-order valence-electron chi connectivity index (χ2n) is 4.42. The maximum Gasteiger partial charge on any atom is 0.162 e. The number of halogens is 2. The molecule has 2 aromatic carbocycles. The molecule has 0 fully saturated rings. The van der Waals surface area contributed by atoms with Crippen molar-refractivity contribution in [3.63, 3.8) is 0 Å². The molecule has 20 heavy (non-hydrogen) atoms. The van der Waals surface area contributed by atoms with Gasteiger partial charge in [-0.25, -0.2) is 4.39 Å². The molecule has 0 aromatic heterocycles. The fourth-order valence-electron chi connectivity index (χ4n) is 2.01. The van der Waals surface area contributed by atoms with Gasteiger partial charge in [0.2, 0.25) is 0 Å². The summed E-state index contributed by atoms with van der Waals surface area (Å²) in [5, 5.41) is 10.5. The molecule has 106 valence electrons. The quantitative estimate of drug-likeness (QED) is 0.930. The van der Waals surface area contributed by atoms with E-state index in [2.05, 4.69) is 0 Å². The van der Waals surface area contributed by atoms with E-state index >= 15 is 0 Å². The van der Waals surface area contributed by atoms with Gasteiger partial charge in [0.1, 0.15) is 5.82 Å². The smallest absolute Gasteiger partial charge is 0.162 e. The van der Waals surface area contributed by atoms with E-state index in [9.17, 15) is 9.50 Å². The highest BCUT2D eigenvalue weighted by Gasteiger charge is 2.14. The van der Waals surface area contributed by atoms with Gasteiger partial charge in [-0.2, -0.15) is 0 Å². The maximum atomic E-state index is 13.7. The third-order valence-electron chi connectivity index (χ3n) is 3.01. The number of methoxy groups -OCH3 is 1. The van der Waals surface area contributed by atoms with Crippen molar-refractivity contribution in [1.82, 2.24) is 0 Å². The predicted octanol–water partition coefficient (Wildman–Crippen LogP) is 3.83. The summed E-state index contributed by atoms with van der Waals surface area (Å²) in [6, 6.07) is 9.62. The van der Waals surface area contributed by atoms with Crippen LogP contribution in [0.4, 0.5) is 10.1 Å². The molecule has 0 saturated carbocycles. The Balaban J connectivity index is 2.30. The minimum Gasteiger partial charge on any atom is -0.504 e. The van der Waals surface area contributed by atoms with Gasteiger partial charge in [0.15, 0.2) is 11.5 Å². The zero-order valence-corrected chi connectivity index (χ0v) is 12.0. The van der Waals surface area contributed by atoms with Crippen LogP contribution in [0, 0.1) is 5.82 Å². The van der Waals surface area contributed by atoms with Crippen LogP contribution >= 0.6 is 11.6 Å². The minimum absolute atomic E-state index is 0.0140. The third-order valence-corrected chi connectivity index (χ3v) is 3.23. The number of phenols is 1. The predicted molar refractivity (Wildman–Crippen MR) is 78.2 cm³/mol. The summed E-state index contributed by atoms with van der Waals surface area (Å²) in [6.07, 6.45) is 0. The van der Waals surface area contributed by atoms with Crippen molar-refractivity contribution in [2.45, 2.75) is 6.54 Å². The molecule has 3 nitrogen and oxygen atoms in total. The molecule has 0 aliphatic rings. The van der Waals surface area contributed by atoms with Crippen LogP contribution in [0.2, 0.25) is 5.02 Å². The molecule has 2 rings (SSSR count). The summed E-state index contributed by atoms with van der Waals surface area (Å²) in [6.45, 7) is 0.309. The molecule has 0 atom stereocenters. The SMILES string of the molecule is COc1cc(Cl)cc(CN(C)c2ccccc2F)c1O. The number of para-hydroxylation sites is 1. The Hall–Kier alpha value is -1.94. The van der Waals surface area contributed by atoms with Crippen molar-refractivity contribution in [3.05, 3.63) is 52.8 Å². The van der Waals surface area contributed by atoms with Crippen LogP contribution in [-0.2, 0) is 6.54 Å². The molecule has 0 aliphatic heterocycles. The summed E-state index contributed by atoms with van der Waals surface area (Å²) >= 11 is 5.98. The van der Waals surface area contributed by atoms with E-state index in [0.29, 0.717) is 28.6 Å². The topological polar surface area (TPSA) is 32.7 Å². The highest BCUT2D eigenvalue weighted by Crippen LogP contribution is 2.34. The molecule has 1 N–H and O–H groups in total. The Morgan fingerprint density at radius 3 is 2.65 bits per heavy atom. The Morgan fingerprint density at radius 2 is 2.00 bits per heavy atom. The van der Waals surface area contributed by atoms with Crippen LogP contribution in [0.1, 0.15) is 5.56 Å². The summed E-state index contributed by atoms with van der Waals surface area (Å²) in [5.74, 6) is -0.00185. The molecule has 0 spiro atoms. The van der Waals surface area contributed by atoms with E-state index in [1.807, 2.05) is 0 Å². The average Bonchev–Trinajstić information content (AvgIpc) is 2.42. The largest absolute Gasteiger partial charge is 0.504 e. The van der Waals surface area contributed by atoms with Crippen LogP contribution < -0.4 is 9.64 Å². The lowest BCUT2D eigenvalue weighted by molar-refractivity contribution is 0.370. The zero-order valence-electron chi connectivity index (χ0n) is 11.2. The number of rotatable bonds is 4. The molecule has 0 unspecified atom stereocenters. The fourth-order valence-corrected chi connectivity index (χ4v) is 2.24. The molecular formula is C15H15ClFNO2. The highest BCUT2D eigenvalue weighted by molar-refractivity contribution is 6.30. The number of hydrogen-bond donors (Lipinski definition) is 1. The Morgan fingerprint density at radius 1 is 1.30 bits per heavy atom. The van der Waals surface area contributed by atoms with E-state index in [-0.39, 0.29) is 11.6 Å². The van der Waals surface area contributed by atoms with E-state index in [1.54, 1.807) is 36.2 Å². The number of anilines is 1. The first-order chi connectivity index (χ1) is 9.52. The van der Waals surface area contributed by atoms with Crippen molar-refractivity contribution in [1.29, 1.82) is 0 Å². The van der Waals surface area contributed by atoms with Gasteiger partial charge in [-0.05, 0) is 18.2 Å². The Bertz CT molecular complexity index is 619. The molecule has 0 saturated heterocycles. The van der Waals surface area contributed by atoms with E-state index in [0.717, 1.165) is 0 Å². The number of benzene rings is 2. The first-order valence-electron chi connectivity index (χ1n) is 6.04. The van der Waals surface area contributed by atoms with Gasteiger partial charge in [-0.15, -0.1) is 0 Å². The second-order valence-corrected chi connectivity index (χ2v) is 4.86. The van der Waals surface area contributed by atoms with Crippen molar-refractivity contribution in [2.24, 2.45) is 0 Å². The molecule has 2 aromatic rings. The van der Waals surface area contributed by atoms with E-state index in [4.69, 9.17) is 16.3 Å². The number of phenolic OH excluding ortho intramolecular Hbond substituents is 1. The summed E-state index contributed by atoms with van der Waals surface area (Å²) < 4.78 is 18.8. The monoisotopic (exact) mass is 295 g/mol. The lowest BCUT2D eigenvalue weighted by atomic mass is 10.1. The summed E-state index contributed by atoms with van der Waals surface area (Å²) in [7, 11) is 3.20. The van der Waals surface area contributed by atoms with E-state index in [1.165, 1.54) is 19.2 Å². The average molecular weight is 296 g/mol. The van der Waals surface area contributed by atoms with Crippen molar-refractivity contribution >= 4 is 17.3 Å². The standard InChI is InChI=1S/C15H15ClFNO2/c1-18(13-6-4-3-5-12(13)17)9-10-7-11(16)8-14(20-2)15(10)19/h3-8,19H,9H2,1-2H3. The number of ether oxygens (including phenoxy) is 1. The van der Waals surface area contributed by atoms with E-state index < -0.39 is 0 Å². The molecule has 0 bridgehead atoms. The summed E-state index contributed by atoms with van der Waals surface area (Å²) in [5.41, 5.74) is 1.02. The third kappa shape index (κ3) is 2.96. The molecule has 5 heteroatoms. The minimum atomic E-state index is -0.316. The van der Waals surface area contributed by atoms with Crippen LogP contribution in [-0.4, -0.2) is 19.3 Å². The molecule has 0 radical (unpaired) electrons. The van der Waals surface area contributed by atoms with Gasteiger partial charge in [0.25, 0.3) is 0 Å². The normalized spacial score (nSPS) is 10.4. The zero-order chi connectivity index (χ0) is 14.7. The van der Waals surface area contributed by atoms with Gasteiger partial charge < -0.3 is 14.7 Å². The van der Waals surface area contributed by atoms with Crippen molar-refractivity contribution in [3.8, 4) is 11.5 Å². The first-order valence-corrected chi connectivity index (χ1v) is 6.41. The van der Waals surface area contributed by atoms with Gasteiger partial charge in [-0.1, -0.05) is 23.7 Å². The molecule has 0 amide bonds. The van der Waals surface area contributed by atoms with Gasteiger partial charge >= 0.3 is 0 Å². The molecule has 0 aliphatic carbocycles.